The number of carbonyl (C=O) groups excluding carboxylic acids is 1. The van der Waals surface area contributed by atoms with E-state index in [1.54, 1.807) is 24.3 Å². The van der Waals surface area contributed by atoms with Gasteiger partial charge in [0.2, 0.25) is 5.91 Å². The number of aliphatic carboxylic acids is 1. The highest BCUT2D eigenvalue weighted by Gasteiger charge is 2.21. The van der Waals surface area contributed by atoms with Crippen molar-refractivity contribution in [3.63, 3.8) is 0 Å². The lowest BCUT2D eigenvalue weighted by Crippen LogP contribution is -2.21. The molecule has 4 heteroatoms. The van der Waals surface area contributed by atoms with Crippen LogP contribution in [0.15, 0.2) is 54.6 Å². The van der Waals surface area contributed by atoms with Gasteiger partial charge in [0.05, 0.1) is 6.42 Å². The summed E-state index contributed by atoms with van der Waals surface area (Å²) in [6.07, 6.45) is 1.09. The lowest BCUT2D eigenvalue weighted by atomic mass is 9.80. The Labute approximate surface area is 142 Å². The second-order valence-corrected chi connectivity index (χ2v) is 6.57. The third-order valence-electron chi connectivity index (χ3n) is 4.10. The van der Waals surface area contributed by atoms with Crippen molar-refractivity contribution < 1.29 is 14.7 Å². The van der Waals surface area contributed by atoms with Crippen molar-refractivity contribution in [3.05, 3.63) is 65.7 Å². The molecule has 0 bridgehead atoms. The van der Waals surface area contributed by atoms with E-state index in [1.807, 2.05) is 18.2 Å². The largest absolute Gasteiger partial charge is 0.481 e. The minimum atomic E-state index is -0.886. The van der Waals surface area contributed by atoms with Crippen molar-refractivity contribution in [1.29, 1.82) is 0 Å². The highest BCUT2D eigenvalue weighted by atomic mass is 16.4. The van der Waals surface area contributed by atoms with Gasteiger partial charge < -0.3 is 10.4 Å². The molecule has 0 aliphatic heterocycles. The van der Waals surface area contributed by atoms with E-state index in [1.165, 1.54) is 5.56 Å². The monoisotopic (exact) mass is 325 g/mol. The van der Waals surface area contributed by atoms with Crippen molar-refractivity contribution in [2.75, 3.05) is 5.32 Å². The maximum Gasteiger partial charge on any atom is 0.307 e. The zero-order valence-electron chi connectivity index (χ0n) is 14.1. The molecule has 0 atom stereocenters. The molecule has 0 aromatic heterocycles. The summed E-state index contributed by atoms with van der Waals surface area (Å²) in [6, 6.07) is 17.1. The summed E-state index contributed by atoms with van der Waals surface area (Å²) in [5, 5.41) is 11.7. The number of anilines is 1. The Morgan fingerprint density at radius 3 is 2.42 bits per heavy atom. The molecule has 24 heavy (non-hydrogen) atoms. The zero-order valence-corrected chi connectivity index (χ0v) is 14.1. The normalized spacial score (nSPS) is 11.1. The Morgan fingerprint density at radius 1 is 1.04 bits per heavy atom. The summed E-state index contributed by atoms with van der Waals surface area (Å²) in [6.45, 7) is 4.26. The van der Waals surface area contributed by atoms with Crippen LogP contribution in [0.4, 0.5) is 5.69 Å². The van der Waals surface area contributed by atoms with E-state index in [0.29, 0.717) is 17.7 Å². The van der Waals surface area contributed by atoms with Crippen molar-refractivity contribution >= 4 is 17.6 Å². The first-order valence-corrected chi connectivity index (χ1v) is 8.03. The van der Waals surface area contributed by atoms with E-state index in [-0.39, 0.29) is 17.7 Å². The lowest BCUT2D eigenvalue weighted by molar-refractivity contribution is -0.136. The fourth-order valence-electron chi connectivity index (χ4n) is 2.62. The van der Waals surface area contributed by atoms with Gasteiger partial charge >= 0.3 is 5.97 Å². The first kappa shape index (κ1) is 17.7. The Hall–Kier alpha value is -2.62. The van der Waals surface area contributed by atoms with Gasteiger partial charge in [0.15, 0.2) is 0 Å². The molecule has 0 heterocycles. The Morgan fingerprint density at radius 2 is 1.75 bits per heavy atom. The fraction of sp³-hybridized carbons (Fsp3) is 0.300. The molecule has 126 valence electrons. The van der Waals surface area contributed by atoms with Crippen LogP contribution in [-0.4, -0.2) is 17.0 Å². The molecule has 0 aliphatic rings. The number of benzene rings is 2. The summed E-state index contributed by atoms with van der Waals surface area (Å²) in [7, 11) is 0. The average Bonchev–Trinajstić information content (AvgIpc) is 2.54. The van der Waals surface area contributed by atoms with E-state index >= 15 is 0 Å². The van der Waals surface area contributed by atoms with Crippen LogP contribution in [0.5, 0.6) is 0 Å². The average molecular weight is 325 g/mol. The second-order valence-electron chi connectivity index (χ2n) is 6.57. The first-order chi connectivity index (χ1) is 11.4. The van der Waals surface area contributed by atoms with Crippen LogP contribution in [0.1, 0.15) is 37.8 Å². The maximum atomic E-state index is 12.2. The molecule has 2 aromatic rings. The van der Waals surface area contributed by atoms with Crippen molar-refractivity contribution in [2.45, 2.75) is 38.5 Å². The summed E-state index contributed by atoms with van der Waals surface area (Å²) < 4.78 is 0. The zero-order chi connectivity index (χ0) is 17.6. The van der Waals surface area contributed by atoms with Crippen LogP contribution in [0.2, 0.25) is 0 Å². The quantitative estimate of drug-likeness (QED) is 0.808. The van der Waals surface area contributed by atoms with Gasteiger partial charge in [-0.2, -0.15) is 0 Å². The van der Waals surface area contributed by atoms with Crippen LogP contribution in [0, 0.1) is 0 Å². The van der Waals surface area contributed by atoms with E-state index in [4.69, 9.17) is 5.11 Å². The van der Waals surface area contributed by atoms with Crippen molar-refractivity contribution in [3.8, 4) is 0 Å². The molecule has 2 rings (SSSR count). The maximum absolute atomic E-state index is 12.2. The summed E-state index contributed by atoms with van der Waals surface area (Å²) >= 11 is 0. The number of carboxylic acid groups (broad SMARTS) is 1. The van der Waals surface area contributed by atoms with E-state index in [0.717, 1.165) is 6.42 Å². The van der Waals surface area contributed by atoms with E-state index in [2.05, 4.69) is 31.3 Å². The molecule has 2 N–H and O–H groups in total. The molecule has 4 nitrogen and oxygen atoms in total. The predicted molar refractivity (Wildman–Crippen MR) is 95.1 cm³/mol. The van der Waals surface area contributed by atoms with Crippen molar-refractivity contribution in [2.24, 2.45) is 0 Å². The minimum absolute atomic E-state index is 0.0508. The predicted octanol–water partition coefficient (Wildman–Crippen LogP) is 4.01. The third kappa shape index (κ3) is 5.23. The topological polar surface area (TPSA) is 66.4 Å². The molecule has 0 aliphatic carbocycles. The summed E-state index contributed by atoms with van der Waals surface area (Å²) in [4.78, 5) is 23.0. The molecule has 1 amide bonds. The highest BCUT2D eigenvalue weighted by Crippen LogP contribution is 2.28. The molecule has 2 aromatic carbocycles. The van der Waals surface area contributed by atoms with Gasteiger partial charge in [0.1, 0.15) is 0 Å². The molecule has 0 spiro atoms. The number of rotatable bonds is 7. The van der Waals surface area contributed by atoms with Crippen LogP contribution in [0.25, 0.3) is 0 Å². The van der Waals surface area contributed by atoms with Gasteiger partial charge in [-0.1, -0.05) is 56.3 Å². The molecule has 0 fully saturated rings. The molecular weight excluding hydrogens is 302 g/mol. The number of hydrogen-bond acceptors (Lipinski definition) is 2. The Bertz CT molecular complexity index is 708. The van der Waals surface area contributed by atoms with Gasteiger partial charge in [0.25, 0.3) is 0 Å². The molecule has 0 radical (unpaired) electrons. The van der Waals surface area contributed by atoms with Crippen LogP contribution in [-0.2, 0) is 21.4 Å². The molecule has 0 saturated carbocycles. The standard InChI is InChI=1S/C20H23NO3/c1-20(2,16-8-4-3-5-9-16)12-11-18(22)21-17-10-6-7-15(13-17)14-19(23)24/h3-10,13H,11-12,14H2,1-2H3,(H,21,22)(H,23,24). The number of hydrogen-bond donors (Lipinski definition) is 2. The molecular formula is C20H23NO3. The van der Waals surface area contributed by atoms with E-state index < -0.39 is 5.97 Å². The fourth-order valence-corrected chi connectivity index (χ4v) is 2.62. The van der Waals surface area contributed by atoms with Crippen LogP contribution < -0.4 is 5.32 Å². The number of nitrogens with one attached hydrogen (secondary N) is 1. The summed E-state index contributed by atoms with van der Waals surface area (Å²) in [5.74, 6) is -0.949. The van der Waals surface area contributed by atoms with Gasteiger partial charge in [0, 0.05) is 12.1 Å². The van der Waals surface area contributed by atoms with Gasteiger partial charge in [-0.15, -0.1) is 0 Å². The first-order valence-electron chi connectivity index (χ1n) is 8.03. The van der Waals surface area contributed by atoms with Crippen LogP contribution >= 0.6 is 0 Å². The third-order valence-corrected chi connectivity index (χ3v) is 4.10. The SMILES string of the molecule is CC(C)(CCC(=O)Nc1cccc(CC(=O)O)c1)c1ccccc1. The molecule has 0 saturated heterocycles. The van der Waals surface area contributed by atoms with Gasteiger partial charge in [-0.05, 0) is 35.1 Å². The summed E-state index contributed by atoms with van der Waals surface area (Å²) in [5.41, 5.74) is 2.44. The minimum Gasteiger partial charge on any atom is -0.481 e. The number of amides is 1. The highest BCUT2D eigenvalue weighted by molar-refractivity contribution is 5.91. The number of carbonyl (C=O) groups is 2. The number of carboxylic acids is 1. The smallest absolute Gasteiger partial charge is 0.307 e. The van der Waals surface area contributed by atoms with Crippen molar-refractivity contribution in [1.82, 2.24) is 0 Å². The van der Waals surface area contributed by atoms with E-state index in [9.17, 15) is 9.59 Å². The Kier molecular flexibility index (Phi) is 5.74. The van der Waals surface area contributed by atoms with Gasteiger partial charge in [-0.25, -0.2) is 0 Å². The molecule has 0 unspecified atom stereocenters. The Balaban J connectivity index is 1.93. The lowest BCUT2D eigenvalue weighted by Gasteiger charge is -2.25. The van der Waals surface area contributed by atoms with Gasteiger partial charge in [-0.3, -0.25) is 9.59 Å². The second kappa shape index (κ2) is 7.77. The van der Waals surface area contributed by atoms with Crippen LogP contribution in [0.3, 0.4) is 0 Å².